The summed E-state index contributed by atoms with van der Waals surface area (Å²) in [4.78, 5) is 25.1. The number of amides is 2. The average molecular weight is 268 g/mol. The van der Waals surface area contributed by atoms with Gasteiger partial charge in [0.25, 0.3) is 0 Å². The number of carbonyl (C=O) groups excluding carboxylic acids is 1. The Morgan fingerprint density at radius 2 is 1.79 bits per heavy atom. The summed E-state index contributed by atoms with van der Waals surface area (Å²) in [5.41, 5.74) is 0.0708. The topological polar surface area (TPSA) is 69.6 Å². The molecule has 5 nitrogen and oxygen atoms in total. The molecule has 0 aromatic rings. The van der Waals surface area contributed by atoms with Crippen LogP contribution in [0.5, 0.6) is 0 Å². The van der Waals surface area contributed by atoms with E-state index >= 15 is 0 Å². The molecule has 2 rings (SSSR count). The van der Waals surface area contributed by atoms with Crippen LogP contribution in [0.2, 0.25) is 0 Å². The highest BCUT2D eigenvalue weighted by molar-refractivity contribution is 5.82. The minimum absolute atomic E-state index is 0.0708. The Kier molecular flexibility index (Phi) is 4.32. The molecule has 0 spiro atoms. The first-order chi connectivity index (χ1) is 9.00. The molecule has 1 aliphatic carbocycles. The summed E-state index contributed by atoms with van der Waals surface area (Å²) < 4.78 is 0. The van der Waals surface area contributed by atoms with Gasteiger partial charge in [-0.3, -0.25) is 0 Å². The van der Waals surface area contributed by atoms with Gasteiger partial charge in [0.2, 0.25) is 0 Å². The lowest BCUT2D eigenvalue weighted by atomic mass is 9.82. The van der Waals surface area contributed by atoms with Crippen LogP contribution >= 0.6 is 0 Å². The third-order valence-electron chi connectivity index (χ3n) is 4.50. The second-order valence-corrected chi connectivity index (χ2v) is 6.26. The summed E-state index contributed by atoms with van der Waals surface area (Å²) in [5, 5.41) is 12.0. The predicted octanol–water partition coefficient (Wildman–Crippen LogP) is 2.22. The molecule has 1 saturated heterocycles. The van der Waals surface area contributed by atoms with Crippen molar-refractivity contribution >= 4 is 12.0 Å². The van der Waals surface area contributed by atoms with Gasteiger partial charge in [0.15, 0.2) is 0 Å². The zero-order valence-electron chi connectivity index (χ0n) is 11.7. The van der Waals surface area contributed by atoms with E-state index < -0.39 is 12.0 Å². The first-order valence-corrected chi connectivity index (χ1v) is 7.28. The molecular weight excluding hydrogens is 244 g/mol. The molecule has 2 aliphatic rings. The number of carbonyl (C=O) groups is 2. The SMILES string of the molecule is CC1(C[C@H](NC(=O)N2CCCC2)C(=O)O)CCCC1. The maximum Gasteiger partial charge on any atom is 0.326 e. The summed E-state index contributed by atoms with van der Waals surface area (Å²) in [5.74, 6) is -0.916. The van der Waals surface area contributed by atoms with Gasteiger partial charge in [-0.2, -0.15) is 0 Å². The summed E-state index contributed by atoms with van der Waals surface area (Å²) in [6.07, 6.45) is 7.05. The number of aliphatic carboxylic acids is 1. The molecule has 1 saturated carbocycles. The van der Waals surface area contributed by atoms with Gasteiger partial charge >= 0.3 is 12.0 Å². The van der Waals surface area contributed by atoms with E-state index in [1.807, 2.05) is 0 Å². The fraction of sp³-hybridized carbons (Fsp3) is 0.857. The summed E-state index contributed by atoms with van der Waals surface area (Å²) in [6.45, 7) is 3.63. The van der Waals surface area contributed by atoms with Gasteiger partial charge < -0.3 is 15.3 Å². The van der Waals surface area contributed by atoms with Crippen molar-refractivity contribution < 1.29 is 14.7 Å². The number of nitrogens with zero attached hydrogens (tertiary/aromatic N) is 1. The van der Waals surface area contributed by atoms with Crippen LogP contribution in [0.3, 0.4) is 0 Å². The first kappa shape index (κ1) is 14.2. The molecule has 2 amide bonds. The molecule has 0 radical (unpaired) electrons. The lowest BCUT2D eigenvalue weighted by Gasteiger charge is -2.28. The van der Waals surface area contributed by atoms with Crippen LogP contribution in [0, 0.1) is 5.41 Å². The van der Waals surface area contributed by atoms with Crippen LogP contribution < -0.4 is 5.32 Å². The zero-order valence-corrected chi connectivity index (χ0v) is 11.7. The van der Waals surface area contributed by atoms with E-state index in [1.54, 1.807) is 4.90 Å². The highest BCUT2D eigenvalue weighted by Crippen LogP contribution is 2.41. The largest absolute Gasteiger partial charge is 0.480 e. The monoisotopic (exact) mass is 268 g/mol. The van der Waals surface area contributed by atoms with Crippen LogP contribution in [-0.4, -0.2) is 41.1 Å². The molecule has 0 aromatic carbocycles. The smallest absolute Gasteiger partial charge is 0.326 e. The molecule has 19 heavy (non-hydrogen) atoms. The van der Waals surface area contributed by atoms with Crippen molar-refractivity contribution in [3.63, 3.8) is 0 Å². The van der Waals surface area contributed by atoms with Crippen molar-refractivity contribution in [1.29, 1.82) is 0 Å². The van der Waals surface area contributed by atoms with Gasteiger partial charge in [0.05, 0.1) is 0 Å². The Bertz CT molecular complexity index is 345. The van der Waals surface area contributed by atoms with Crippen LogP contribution in [0.25, 0.3) is 0 Å². The van der Waals surface area contributed by atoms with Crippen LogP contribution in [0.15, 0.2) is 0 Å². The molecule has 0 unspecified atom stereocenters. The number of rotatable bonds is 4. The quantitative estimate of drug-likeness (QED) is 0.821. The van der Waals surface area contributed by atoms with E-state index in [1.165, 1.54) is 12.8 Å². The summed E-state index contributed by atoms with van der Waals surface area (Å²) in [7, 11) is 0. The number of carboxylic acid groups (broad SMARTS) is 1. The van der Waals surface area contributed by atoms with Crippen LogP contribution in [0.1, 0.15) is 51.9 Å². The molecule has 0 aromatic heterocycles. The van der Waals surface area contributed by atoms with Crippen molar-refractivity contribution in [2.45, 2.75) is 57.9 Å². The van der Waals surface area contributed by atoms with Gasteiger partial charge in [-0.15, -0.1) is 0 Å². The lowest BCUT2D eigenvalue weighted by molar-refractivity contribution is -0.140. The molecule has 2 fully saturated rings. The Hall–Kier alpha value is -1.26. The van der Waals surface area contributed by atoms with Gasteiger partial charge in [-0.1, -0.05) is 19.8 Å². The lowest BCUT2D eigenvalue weighted by Crippen LogP contribution is -2.48. The highest BCUT2D eigenvalue weighted by atomic mass is 16.4. The van der Waals surface area contributed by atoms with Crippen LogP contribution in [-0.2, 0) is 4.79 Å². The predicted molar refractivity (Wildman–Crippen MR) is 72.0 cm³/mol. The minimum atomic E-state index is -0.916. The van der Waals surface area contributed by atoms with E-state index in [-0.39, 0.29) is 11.4 Å². The van der Waals surface area contributed by atoms with E-state index in [2.05, 4.69) is 12.2 Å². The molecule has 1 heterocycles. The fourth-order valence-electron chi connectivity index (χ4n) is 3.29. The maximum atomic E-state index is 12.0. The Labute approximate surface area is 114 Å². The minimum Gasteiger partial charge on any atom is -0.480 e. The number of urea groups is 1. The summed E-state index contributed by atoms with van der Waals surface area (Å²) in [6, 6.07) is -0.970. The highest BCUT2D eigenvalue weighted by Gasteiger charge is 2.35. The Morgan fingerprint density at radius 1 is 1.21 bits per heavy atom. The van der Waals surface area contributed by atoms with Crippen molar-refractivity contribution in [3.05, 3.63) is 0 Å². The standard InChI is InChI=1S/C14H24N2O3/c1-14(6-2-3-7-14)10-11(12(17)18)15-13(19)16-8-4-5-9-16/h11H,2-10H2,1H3,(H,15,19)(H,17,18)/t11-/m0/s1. The number of hydrogen-bond acceptors (Lipinski definition) is 2. The first-order valence-electron chi connectivity index (χ1n) is 7.28. The van der Waals surface area contributed by atoms with E-state index in [0.717, 1.165) is 38.8 Å². The molecule has 0 bridgehead atoms. The number of likely N-dealkylation sites (tertiary alicyclic amines) is 1. The third kappa shape index (κ3) is 3.61. The number of hydrogen-bond donors (Lipinski definition) is 2. The number of carboxylic acids is 1. The number of nitrogens with one attached hydrogen (secondary N) is 1. The van der Waals surface area contributed by atoms with Crippen LogP contribution in [0.4, 0.5) is 4.79 Å². The van der Waals surface area contributed by atoms with E-state index in [0.29, 0.717) is 6.42 Å². The van der Waals surface area contributed by atoms with Crippen molar-refractivity contribution in [3.8, 4) is 0 Å². The molecule has 108 valence electrons. The van der Waals surface area contributed by atoms with Gasteiger partial charge in [-0.25, -0.2) is 9.59 Å². The normalized spacial score (nSPS) is 23.3. The fourth-order valence-corrected chi connectivity index (χ4v) is 3.29. The Balaban J connectivity index is 1.92. The molecule has 5 heteroatoms. The molecular formula is C14H24N2O3. The molecule has 1 aliphatic heterocycles. The Morgan fingerprint density at radius 3 is 2.32 bits per heavy atom. The van der Waals surface area contributed by atoms with Crippen molar-refractivity contribution in [1.82, 2.24) is 10.2 Å². The van der Waals surface area contributed by atoms with Gasteiger partial charge in [-0.05, 0) is 37.5 Å². The second-order valence-electron chi connectivity index (χ2n) is 6.26. The maximum absolute atomic E-state index is 12.0. The van der Waals surface area contributed by atoms with Crippen molar-refractivity contribution in [2.75, 3.05) is 13.1 Å². The van der Waals surface area contributed by atoms with E-state index in [9.17, 15) is 14.7 Å². The van der Waals surface area contributed by atoms with Crippen molar-refractivity contribution in [2.24, 2.45) is 5.41 Å². The van der Waals surface area contributed by atoms with E-state index in [4.69, 9.17) is 0 Å². The second kappa shape index (κ2) is 5.80. The van der Waals surface area contributed by atoms with Gasteiger partial charge in [0, 0.05) is 13.1 Å². The average Bonchev–Trinajstić information content (AvgIpc) is 2.99. The zero-order chi connectivity index (χ0) is 13.9. The molecule has 2 N–H and O–H groups in total. The third-order valence-corrected chi connectivity index (χ3v) is 4.50. The molecule has 1 atom stereocenters. The summed E-state index contributed by atoms with van der Waals surface area (Å²) >= 11 is 0. The van der Waals surface area contributed by atoms with Gasteiger partial charge in [0.1, 0.15) is 6.04 Å².